The Morgan fingerprint density at radius 3 is 2.86 bits per heavy atom. The van der Waals surface area contributed by atoms with Crippen molar-refractivity contribution in [2.75, 3.05) is 13.1 Å². The largest absolute Gasteiger partial charge is 0.316 e. The van der Waals surface area contributed by atoms with E-state index in [-0.39, 0.29) is 11.1 Å². The van der Waals surface area contributed by atoms with Crippen LogP contribution in [0.1, 0.15) is 18.0 Å². The molecule has 1 N–H and O–H groups in total. The Morgan fingerprint density at radius 1 is 1.10 bits per heavy atom. The molecule has 1 fully saturated rings. The number of hydrogen-bond donors (Lipinski definition) is 1. The molecule has 108 valence electrons. The van der Waals surface area contributed by atoms with Crippen molar-refractivity contribution < 1.29 is 0 Å². The molecule has 0 amide bonds. The summed E-state index contributed by atoms with van der Waals surface area (Å²) in [6, 6.07) is 8.59. The number of aromatic nitrogens is 2. The molecule has 2 aliphatic rings. The van der Waals surface area contributed by atoms with Crippen molar-refractivity contribution in [1.82, 2.24) is 14.5 Å². The minimum Gasteiger partial charge on any atom is -0.316 e. The molecule has 21 heavy (non-hydrogen) atoms. The maximum atomic E-state index is 12.4. The van der Waals surface area contributed by atoms with Crippen LogP contribution in [0.4, 0.5) is 0 Å². The van der Waals surface area contributed by atoms with Crippen molar-refractivity contribution in [3.05, 3.63) is 62.9 Å². The second-order valence-electron chi connectivity index (χ2n) is 5.95. The summed E-state index contributed by atoms with van der Waals surface area (Å²) in [5, 5.41) is 3.43. The highest BCUT2D eigenvalue weighted by atomic mass is 16.1. The summed E-state index contributed by atoms with van der Waals surface area (Å²) in [6.45, 7) is 2.67. The monoisotopic (exact) mass is 283 g/mol. The zero-order valence-electron chi connectivity index (χ0n) is 11.7. The van der Waals surface area contributed by atoms with Crippen molar-refractivity contribution in [3.8, 4) is 5.69 Å². The first-order chi connectivity index (χ1) is 10.2. The lowest BCUT2D eigenvalue weighted by Crippen LogP contribution is -2.45. The summed E-state index contributed by atoms with van der Waals surface area (Å²) in [5.41, 5.74) is 1.60. The summed E-state index contributed by atoms with van der Waals surface area (Å²) in [7, 11) is 0. The first-order valence-electron chi connectivity index (χ1n) is 7.36. The quantitative estimate of drug-likeness (QED) is 0.838. The van der Waals surface area contributed by atoms with E-state index in [1.165, 1.54) is 10.6 Å². The Labute approximate surface area is 121 Å². The topological polar surface area (TPSA) is 56.0 Å². The lowest BCUT2D eigenvalue weighted by molar-refractivity contribution is 0.257. The maximum Gasteiger partial charge on any atom is 0.255 e. The highest BCUT2D eigenvalue weighted by Crippen LogP contribution is 2.32. The van der Waals surface area contributed by atoms with Gasteiger partial charge in [-0.2, -0.15) is 0 Å². The third-order valence-corrected chi connectivity index (χ3v) is 4.55. The number of piperidine rings is 1. The molecule has 2 aromatic rings. The van der Waals surface area contributed by atoms with Gasteiger partial charge in [-0.3, -0.25) is 14.2 Å². The minimum atomic E-state index is -0.114. The molecule has 0 aromatic carbocycles. The van der Waals surface area contributed by atoms with Crippen LogP contribution in [0.25, 0.3) is 5.69 Å². The average molecular weight is 283 g/mol. The van der Waals surface area contributed by atoms with E-state index in [0.717, 1.165) is 31.7 Å². The van der Waals surface area contributed by atoms with Crippen molar-refractivity contribution >= 4 is 0 Å². The van der Waals surface area contributed by atoms with Gasteiger partial charge >= 0.3 is 0 Å². The zero-order chi connectivity index (χ0) is 14.4. The lowest BCUT2D eigenvalue weighted by Gasteiger charge is -2.37. The van der Waals surface area contributed by atoms with Gasteiger partial charge in [0.2, 0.25) is 0 Å². The number of fused-ring (bicyclic) bond motifs is 4. The van der Waals surface area contributed by atoms with Crippen LogP contribution in [0, 0.1) is 5.92 Å². The highest BCUT2D eigenvalue weighted by molar-refractivity contribution is 5.35. The second kappa shape index (κ2) is 4.70. The third kappa shape index (κ3) is 2.05. The van der Waals surface area contributed by atoms with Crippen molar-refractivity contribution in [2.45, 2.75) is 18.9 Å². The van der Waals surface area contributed by atoms with Gasteiger partial charge in [-0.15, -0.1) is 0 Å². The molecule has 0 spiro atoms. The van der Waals surface area contributed by atoms with Gasteiger partial charge in [0.25, 0.3) is 11.1 Å². The smallest absolute Gasteiger partial charge is 0.255 e. The predicted octanol–water partition coefficient (Wildman–Crippen LogP) is 0.706. The zero-order valence-corrected chi connectivity index (χ0v) is 11.7. The molecule has 0 radical (unpaired) electrons. The number of rotatable bonds is 1. The van der Waals surface area contributed by atoms with Gasteiger partial charge in [-0.1, -0.05) is 6.07 Å². The van der Waals surface area contributed by atoms with E-state index in [4.69, 9.17) is 0 Å². The molecular weight excluding hydrogens is 266 g/mol. The van der Waals surface area contributed by atoms with Gasteiger partial charge in [0.05, 0.1) is 5.69 Å². The van der Waals surface area contributed by atoms with E-state index in [1.807, 2.05) is 10.6 Å². The van der Waals surface area contributed by atoms with Crippen LogP contribution in [0.5, 0.6) is 0 Å². The molecular formula is C16H17N3O2. The molecule has 2 bridgehead atoms. The molecule has 2 atom stereocenters. The fraction of sp³-hybridized carbons (Fsp3) is 0.375. The highest BCUT2D eigenvalue weighted by Gasteiger charge is 2.31. The standard InChI is InChI=1S/C16H17N3O2/c20-15-3-1-2-4-18(15)13-6-14-12-5-11(8-17-9-12)10-19(14)16(21)7-13/h1-4,6-7,11-12,17H,5,8-10H2/t11?,12-/m0/s1. The summed E-state index contributed by atoms with van der Waals surface area (Å²) < 4.78 is 3.42. The predicted molar refractivity (Wildman–Crippen MR) is 80.0 cm³/mol. The molecule has 5 nitrogen and oxygen atoms in total. The van der Waals surface area contributed by atoms with E-state index in [0.29, 0.717) is 17.5 Å². The van der Waals surface area contributed by atoms with Gasteiger partial charge < -0.3 is 9.88 Å². The molecule has 1 unspecified atom stereocenters. The Kier molecular flexibility index (Phi) is 2.82. The number of pyridine rings is 2. The lowest BCUT2D eigenvalue weighted by atomic mass is 9.84. The Morgan fingerprint density at radius 2 is 2.00 bits per heavy atom. The molecule has 5 heteroatoms. The van der Waals surface area contributed by atoms with Crippen LogP contribution in [0.15, 0.2) is 46.1 Å². The molecule has 4 heterocycles. The first kappa shape index (κ1) is 12.6. The fourth-order valence-electron chi connectivity index (χ4n) is 3.57. The fourth-order valence-corrected chi connectivity index (χ4v) is 3.57. The van der Waals surface area contributed by atoms with Crippen molar-refractivity contribution in [1.29, 1.82) is 0 Å². The first-order valence-corrected chi connectivity index (χ1v) is 7.36. The summed E-state index contributed by atoms with van der Waals surface area (Å²) >= 11 is 0. The van der Waals surface area contributed by atoms with Crippen LogP contribution in [-0.4, -0.2) is 22.2 Å². The molecule has 0 aliphatic carbocycles. The summed E-state index contributed by atoms with van der Waals surface area (Å²) in [5.74, 6) is 0.906. The van der Waals surface area contributed by atoms with Crippen LogP contribution in [0.2, 0.25) is 0 Å². The molecule has 1 saturated heterocycles. The SMILES string of the molecule is O=c1ccccn1-c1cc2n(c(=O)c1)CC1CNC[C@@H]2C1. The van der Waals surface area contributed by atoms with Crippen LogP contribution in [0.3, 0.4) is 0 Å². The summed E-state index contributed by atoms with van der Waals surface area (Å²) in [6.07, 6.45) is 2.83. The molecule has 2 aromatic heterocycles. The minimum absolute atomic E-state index is 0.00477. The Bertz CT molecular complexity index is 806. The van der Waals surface area contributed by atoms with Gasteiger partial charge in [0.1, 0.15) is 0 Å². The Balaban J connectivity index is 1.90. The van der Waals surface area contributed by atoms with Crippen LogP contribution in [-0.2, 0) is 6.54 Å². The van der Waals surface area contributed by atoms with Gasteiger partial charge in [-0.05, 0) is 31.0 Å². The average Bonchev–Trinajstić information content (AvgIpc) is 2.49. The summed E-state index contributed by atoms with van der Waals surface area (Å²) in [4.78, 5) is 24.4. The normalized spacial score (nSPS) is 23.6. The second-order valence-corrected chi connectivity index (χ2v) is 5.95. The number of hydrogen-bond acceptors (Lipinski definition) is 3. The molecule has 2 aliphatic heterocycles. The van der Waals surface area contributed by atoms with E-state index in [9.17, 15) is 9.59 Å². The molecule has 0 saturated carbocycles. The Hall–Kier alpha value is -2.14. The van der Waals surface area contributed by atoms with E-state index in [1.54, 1.807) is 24.4 Å². The number of nitrogens with zero attached hydrogens (tertiary/aromatic N) is 2. The van der Waals surface area contributed by atoms with Gasteiger partial charge in [0, 0.05) is 43.0 Å². The number of nitrogens with one attached hydrogen (secondary N) is 1. The third-order valence-electron chi connectivity index (χ3n) is 4.55. The van der Waals surface area contributed by atoms with Crippen LogP contribution < -0.4 is 16.4 Å². The van der Waals surface area contributed by atoms with Gasteiger partial charge in [-0.25, -0.2) is 0 Å². The maximum absolute atomic E-state index is 12.4. The van der Waals surface area contributed by atoms with Crippen LogP contribution >= 0.6 is 0 Å². The van der Waals surface area contributed by atoms with Crippen molar-refractivity contribution in [2.24, 2.45) is 5.92 Å². The van der Waals surface area contributed by atoms with Gasteiger partial charge in [0.15, 0.2) is 0 Å². The van der Waals surface area contributed by atoms with E-state index >= 15 is 0 Å². The van der Waals surface area contributed by atoms with E-state index in [2.05, 4.69) is 5.32 Å². The van der Waals surface area contributed by atoms with Crippen molar-refractivity contribution in [3.63, 3.8) is 0 Å². The van der Waals surface area contributed by atoms with E-state index < -0.39 is 0 Å². The molecule has 4 rings (SSSR count).